The first-order valence-electron chi connectivity index (χ1n) is 13.1. The molecule has 0 bridgehead atoms. The minimum Gasteiger partial charge on any atom is -0.463 e. The van der Waals surface area contributed by atoms with Crippen LogP contribution < -0.4 is 21.7 Å². The van der Waals surface area contributed by atoms with Gasteiger partial charge in [0, 0.05) is 31.0 Å². The Labute approximate surface area is 233 Å². The third-order valence-corrected chi connectivity index (χ3v) is 5.69. The molecule has 0 aliphatic heterocycles. The highest BCUT2D eigenvalue weighted by molar-refractivity contribution is 5.96. The fraction of sp³-hybridized carbons (Fsp3) is 0.429. The van der Waals surface area contributed by atoms with Crippen molar-refractivity contribution in [2.75, 3.05) is 6.61 Å². The fourth-order valence-electron chi connectivity index (χ4n) is 3.78. The van der Waals surface area contributed by atoms with Gasteiger partial charge < -0.3 is 30.9 Å². The van der Waals surface area contributed by atoms with E-state index in [1.807, 2.05) is 44.2 Å². The summed E-state index contributed by atoms with van der Waals surface area (Å²) in [6.45, 7) is 5.63. The lowest BCUT2D eigenvalue weighted by Gasteiger charge is -2.25. The molecule has 1 heterocycles. The van der Waals surface area contributed by atoms with Crippen LogP contribution in [0.4, 0.5) is 0 Å². The highest BCUT2D eigenvalue weighted by Crippen LogP contribution is 2.10. The molecular weight excluding hydrogens is 518 g/mol. The van der Waals surface area contributed by atoms with E-state index in [0.717, 1.165) is 11.6 Å². The number of amides is 4. The standard InChI is InChI=1S/C28H37N5O7/c1-4-39-25(35)13-11-20(10-12-24(29)34)31-26(36)22(17-19-8-6-5-7-9-19)32-27(37)21(16-18(2)3)33-28(38)23-14-15-30-40-23/h5-9,11,13-15,18,20-22H,4,10,12,16-17H2,1-3H3,(H2,29,34)(H,31,36)(H,32,37)(H,33,38)/t20-,21-,22-/m0/s1. The third kappa shape index (κ3) is 11.5. The summed E-state index contributed by atoms with van der Waals surface area (Å²) in [5.41, 5.74) is 6.06. The molecule has 0 spiro atoms. The predicted molar refractivity (Wildman–Crippen MR) is 145 cm³/mol. The van der Waals surface area contributed by atoms with Crippen LogP contribution in [0.25, 0.3) is 0 Å². The number of aromatic nitrogens is 1. The third-order valence-electron chi connectivity index (χ3n) is 5.69. The Balaban J connectivity index is 2.25. The summed E-state index contributed by atoms with van der Waals surface area (Å²) in [5, 5.41) is 11.7. The zero-order chi connectivity index (χ0) is 29.5. The molecule has 4 amide bonds. The number of primary amides is 1. The molecule has 0 aliphatic carbocycles. The zero-order valence-corrected chi connectivity index (χ0v) is 22.9. The predicted octanol–water partition coefficient (Wildman–Crippen LogP) is 1.42. The number of hydrogen-bond donors (Lipinski definition) is 4. The van der Waals surface area contributed by atoms with Crippen LogP contribution >= 0.6 is 0 Å². The Morgan fingerprint density at radius 2 is 1.70 bits per heavy atom. The second kappa shape index (κ2) is 16.5. The van der Waals surface area contributed by atoms with Crippen LogP contribution in [0.1, 0.15) is 56.2 Å². The van der Waals surface area contributed by atoms with Gasteiger partial charge in [-0.3, -0.25) is 19.2 Å². The maximum absolute atomic E-state index is 13.5. The van der Waals surface area contributed by atoms with Crippen LogP contribution in [0.3, 0.4) is 0 Å². The fourth-order valence-corrected chi connectivity index (χ4v) is 3.78. The molecule has 12 heteroatoms. The molecule has 0 saturated carbocycles. The quantitative estimate of drug-likeness (QED) is 0.177. The van der Waals surface area contributed by atoms with Crippen molar-refractivity contribution in [2.45, 2.75) is 64.6 Å². The lowest BCUT2D eigenvalue weighted by atomic mass is 10.0. The van der Waals surface area contributed by atoms with E-state index in [4.69, 9.17) is 15.0 Å². The molecule has 0 unspecified atom stereocenters. The molecule has 5 N–H and O–H groups in total. The molecule has 0 fully saturated rings. The van der Waals surface area contributed by atoms with Crippen LogP contribution in [0.5, 0.6) is 0 Å². The molecular formula is C28H37N5O7. The minimum absolute atomic E-state index is 0.0402. The van der Waals surface area contributed by atoms with E-state index in [2.05, 4.69) is 21.1 Å². The van der Waals surface area contributed by atoms with E-state index in [9.17, 15) is 24.0 Å². The van der Waals surface area contributed by atoms with Crippen molar-refractivity contribution in [3.8, 4) is 0 Å². The lowest BCUT2D eigenvalue weighted by Crippen LogP contribution is -2.55. The Morgan fingerprint density at radius 3 is 2.30 bits per heavy atom. The topological polar surface area (TPSA) is 183 Å². The summed E-state index contributed by atoms with van der Waals surface area (Å²) in [6, 6.07) is 7.71. The van der Waals surface area contributed by atoms with E-state index in [-0.39, 0.29) is 37.5 Å². The van der Waals surface area contributed by atoms with Crippen molar-refractivity contribution in [3.63, 3.8) is 0 Å². The zero-order valence-electron chi connectivity index (χ0n) is 22.9. The van der Waals surface area contributed by atoms with Crippen molar-refractivity contribution in [1.29, 1.82) is 0 Å². The van der Waals surface area contributed by atoms with E-state index in [1.165, 1.54) is 18.3 Å². The maximum Gasteiger partial charge on any atom is 0.330 e. The Morgan fingerprint density at radius 1 is 1.00 bits per heavy atom. The van der Waals surface area contributed by atoms with E-state index >= 15 is 0 Å². The highest BCUT2D eigenvalue weighted by Gasteiger charge is 2.29. The number of benzene rings is 1. The highest BCUT2D eigenvalue weighted by atomic mass is 16.5. The molecule has 0 radical (unpaired) electrons. The van der Waals surface area contributed by atoms with Gasteiger partial charge in [0.05, 0.1) is 12.8 Å². The number of carbonyl (C=O) groups excluding carboxylic acids is 5. The molecule has 12 nitrogen and oxygen atoms in total. The minimum atomic E-state index is -1.04. The Hall–Kier alpha value is -4.48. The number of nitrogens with one attached hydrogen (secondary N) is 3. The van der Waals surface area contributed by atoms with E-state index < -0.39 is 47.7 Å². The van der Waals surface area contributed by atoms with Crippen LogP contribution in [-0.2, 0) is 30.3 Å². The van der Waals surface area contributed by atoms with Crippen molar-refractivity contribution in [1.82, 2.24) is 21.1 Å². The van der Waals surface area contributed by atoms with Gasteiger partial charge in [-0.2, -0.15) is 0 Å². The van der Waals surface area contributed by atoms with Crippen LogP contribution in [0.2, 0.25) is 0 Å². The summed E-state index contributed by atoms with van der Waals surface area (Å²) in [7, 11) is 0. The number of nitrogens with zero attached hydrogens (tertiary/aromatic N) is 1. The molecule has 3 atom stereocenters. The van der Waals surface area contributed by atoms with Crippen LogP contribution in [0, 0.1) is 5.92 Å². The number of ether oxygens (including phenoxy) is 1. The molecule has 0 saturated heterocycles. The number of hydrogen-bond acceptors (Lipinski definition) is 8. The van der Waals surface area contributed by atoms with Crippen molar-refractivity contribution >= 4 is 29.6 Å². The molecule has 2 rings (SSSR count). The smallest absolute Gasteiger partial charge is 0.330 e. The van der Waals surface area contributed by atoms with Gasteiger partial charge in [-0.1, -0.05) is 55.4 Å². The van der Waals surface area contributed by atoms with Crippen LogP contribution in [-0.4, -0.2) is 59.5 Å². The van der Waals surface area contributed by atoms with Gasteiger partial charge in [-0.05, 0) is 31.2 Å². The second-order valence-electron chi connectivity index (χ2n) is 9.51. The second-order valence-corrected chi connectivity index (χ2v) is 9.51. The molecule has 1 aromatic carbocycles. The van der Waals surface area contributed by atoms with Gasteiger partial charge >= 0.3 is 5.97 Å². The largest absolute Gasteiger partial charge is 0.463 e. The summed E-state index contributed by atoms with van der Waals surface area (Å²) in [4.78, 5) is 62.6. The van der Waals surface area contributed by atoms with Crippen molar-refractivity contribution in [3.05, 3.63) is 66.1 Å². The number of nitrogens with two attached hydrogens (primary N) is 1. The summed E-state index contributed by atoms with van der Waals surface area (Å²) in [6.07, 6.45) is 4.43. The first-order valence-corrected chi connectivity index (χ1v) is 13.1. The molecule has 1 aromatic heterocycles. The average Bonchev–Trinajstić information content (AvgIpc) is 3.45. The molecule has 40 heavy (non-hydrogen) atoms. The number of carbonyl (C=O) groups is 5. The van der Waals surface area contributed by atoms with E-state index in [0.29, 0.717) is 6.42 Å². The molecule has 216 valence electrons. The average molecular weight is 556 g/mol. The first kappa shape index (κ1) is 31.7. The summed E-state index contributed by atoms with van der Waals surface area (Å²) < 4.78 is 9.77. The number of esters is 1. The lowest BCUT2D eigenvalue weighted by molar-refractivity contribution is -0.137. The van der Waals surface area contributed by atoms with Gasteiger partial charge in [0.25, 0.3) is 5.91 Å². The Bertz CT molecular complexity index is 1150. The van der Waals surface area contributed by atoms with Crippen molar-refractivity contribution < 1.29 is 33.2 Å². The monoisotopic (exact) mass is 555 g/mol. The first-order chi connectivity index (χ1) is 19.1. The summed E-state index contributed by atoms with van der Waals surface area (Å²) in [5.74, 6) is -2.91. The van der Waals surface area contributed by atoms with Gasteiger partial charge in [0.15, 0.2) is 0 Å². The summed E-state index contributed by atoms with van der Waals surface area (Å²) >= 11 is 0. The van der Waals surface area contributed by atoms with Gasteiger partial charge in [0.1, 0.15) is 12.1 Å². The van der Waals surface area contributed by atoms with Gasteiger partial charge in [-0.25, -0.2) is 4.79 Å². The normalized spacial score (nSPS) is 13.3. The van der Waals surface area contributed by atoms with Crippen LogP contribution in [0.15, 0.2) is 59.3 Å². The van der Waals surface area contributed by atoms with E-state index in [1.54, 1.807) is 6.92 Å². The Kier molecular flexibility index (Phi) is 13.1. The maximum atomic E-state index is 13.5. The molecule has 0 aliphatic rings. The van der Waals surface area contributed by atoms with Gasteiger partial charge in [0.2, 0.25) is 23.5 Å². The molecule has 2 aromatic rings. The van der Waals surface area contributed by atoms with Crippen molar-refractivity contribution in [2.24, 2.45) is 11.7 Å². The SMILES string of the molecule is CCOC(=O)C=C[C@H](CCC(N)=O)NC(=O)[C@H](Cc1ccccc1)NC(=O)[C@H](CC(C)C)NC(=O)c1ccno1. The number of rotatable bonds is 16. The van der Waals surface area contributed by atoms with Gasteiger partial charge in [-0.15, -0.1) is 0 Å².